The molecule has 0 spiro atoms. The third-order valence-electron chi connectivity index (χ3n) is 4.95. The summed E-state index contributed by atoms with van der Waals surface area (Å²) in [6, 6.07) is 0. The Morgan fingerprint density at radius 1 is 1.16 bits per heavy atom. The van der Waals surface area contributed by atoms with Gasteiger partial charge >= 0.3 is 0 Å². The van der Waals surface area contributed by atoms with Gasteiger partial charge in [0.05, 0.1) is 11.8 Å². The first-order valence-electron chi connectivity index (χ1n) is 7.32. The zero-order chi connectivity index (χ0) is 13.5. The molecule has 2 aliphatic heterocycles. The fourth-order valence-corrected chi connectivity index (χ4v) is 3.59. The highest BCUT2D eigenvalue weighted by molar-refractivity contribution is 6.05. The molecule has 0 aromatic carbocycles. The molecule has 2 amide bonds. The van der Waals surface area contributed by atoms with Crippen molar-refractivity contribution in [1.82, 2.24) is 10.2 Å². The van der Waals surface area contributed by atoms with Crippen LogP contribution in [0.25, 0.3) is 0 Å². The van der Waals surface area contributed by atoms with Crippen LogP contribution in [0.2, 0.25) is 0 Å². The summed E-state index contributed by atoms with van der Waals surface area (Å²) in [5, 5.41) is 3.34. The molecule has 0 saturated carbocycles. The number of imide groups is 1. The van der Waals surface area contributed by atoms with E-state index >= 15 is 0 Å². The van der Waals surface area contributed by atoms with Gasteiger partial charge < -0.3 is 5.32 Å². The van der Waals surface area contributed by atoms with Crippen LogP contribution in [0.3, 0.4) is 0 Å². The van der Waals surface area contributed by atoms with Crippen LogP contribution in [0, 0.1) is 17.3 Å². The molecule has 1 aliphatic carbocycles. The minimum absolute atomic E-state index is 0.0686. The van der Waals surface area contributed by atoms with Crippen LogP contribution in [-0.2, 0) is 9.59 Å². The first-order valence-corrected chi connectivity index (χ1v) is 7.32. The van der Waals surface area contributed by atoms with Crippen LogP contribution in [0.1, 0.15) is 32.6 Å². The molecule has 2 heterocycles. The largest absolute Gasteiger partial charge is 0.317 e. The fourth-order valence-electron chi connectivity index (χ4n) is 3.59. The number of likely N-dealkylation sites (tertiary alicyclic amines) is 1. The molecule has 104 valence electrons. The van der Waals surface area contributed by atoms with Crippen molar-refractivity contribution in [3.63, 3.8) is 0 Å². The Morgan fingerprint density at radius 2 is 1.68 bits per heavy atom. The molecule has 2 fully saturated rings. The van der Waals surface area contributed by atoms with Gasteiger partial charge in [-0.1, -0.05) is 19.1 Å². The Kier molecular flexibility index (Phi) is 3.21. The topological polar surface area (TPSA) is 49.4 Å². The van der Waals surface area contributed by atoms with E-state index in [1.54, 1.807) is 4.90 Å². The first kappa shape index (κ1) is 12.9. The van der Waals surface area contributed by atoms with Crippen LogP contribution in [0.5, 0.6) is 0 Å². The summed E-state index contributed by atoms with van der Waals surface area (Å²) in [4.78, 5) is 26.4. The zero-order valence-corrected chi connectivity index (χ0v) is 11.5. The van der Waals surface area contributed by atoms with Crippen molar-refractivity contribution in [3.8, 4) is 0 Å². The monoisotopic (exact) mass is 262 g/mol. The van der Waals surface area contributed by atoms with Gasteiger partial charge in [0.15, 0.2) is 0 Å². The summed E-state index contributed by atoms with van der Waals surface area (Å²) < 4.78 is 0. The van der Waals surface area contributed by atoms with E-state index in [1.165, 1.54) is 0 Å². The average molecular weight is 262 g/mol. The van der Waals surface area contributed by atoms with Crippen LogP contribution in [0.4, 0.5) is 0 Å². The lowest BCUT2D eigenvalue weighted by Gasteiger charge is -2.36. The van der Waals surface area contributed by atoms with Gasteiger partial charge in [-0.3, -0.25) is 14.5 Å². The minimum Gasteiger partial charge on any atom is -0.317 e. The van der Waals surface area contributed by atoms with E-state index in [2.05, 4.69) is 12.2 Å². The molecule has 0 aromatic rings. The summed E-state index contributed by atoms with van der Waals surface area (Å²) in [7, 11) is 0. The molecule has 2 atom stereocenters. The van der Waals surface area contributed by atoms with Gasteiger partial charge in [0.25, 0.3) is 0 Å². The zero-order valence-electron chi connectivity index (χ0n) is 11.5. The summed E-state index contributed by atoms with van der Waals surface area (Å²) in [6.45, 7) is 4.79. The quantitative estimate of drug-likeness (QED) is 0.603. The molecule has 0 aromatic heterocycles. The van der Waals surface area contributed by atoms with E-state index in [9.17, 15) is 9.59 Å². The second-order valence-electron chi connectivity index (χ2n) is 6.48. The van der Waals surface area contributed by atoms with Crippen LogP contribution in [0.15, 0.2) is 12.2 Å². The Balaban J connectivity index is 1.74. The van der Waals surface area contributed by atoms with E-state index in [1.807, 2.05) is 12.2 Å². The number of carbonyl (C=O) groups excluding carboxylic acids is 2. The third kappa shape index (κ3) is 2.22. The molecular formula is C15H22N2O2. The van der Waals surface area contributed by atoms with Crippen molar-refractivity contribution >= 4 is 11.8 Å². The highest BCUT2D eigenvalue weighted by Crippen LogP contribution is 2.38. The molecule has 2 saturated heterocycles. The first-order chi connectivity index (χ1) is 9.11. The van der Waals surface area contributed by atoms with Gasteiger partial charge in [-0.25, -0.2) is 0 Å². The SMILES string of the molecule is CC1(CN2C(=O)[C@H]3CC=CC[C@H]3C2=O)CCNCC1. The molecule has 4 heteroatoms. The summed E-state index contributed by atoms with van der Waals surface area (Å²) in [5.74, 6) is -0.0242. The van der Waals surface area contributed by atoms with Crippen LogP contribution < -0.4 is 5.32 Å². The van der Waals surface area contributed by atoms with Crippen LogP contribution in [-0.4, -0.2) is 36.3 Å². The smallest absolute Gasteiger partial charge is 0.233 e. The Bertz CT molecular complexity index is 398. The van der Waals surface area contributed by atoms with Crippen molar-refractivity contribution < 1.29 is 9.59 Å². The van der Waals surface area contributed by atoms with Gasteiger partial charge in [-0.15, -0.1) is 0 Å². The second kappa shape index (κ2) is 4.75. The number of allylic oxidation sites excluding steroid dienone is 2. The van der Waals surface area contributed by atoms with Gasteiger partial charge in [0.1, 0.15) is 0 Å². The summed E-state index contributed by atoms with van der Waals surface area (Å²) >= 11 is 0. The molecule has 4 nitrogen and oxygen atoms in total. The molecule has 0 bridgehead atoms. The van der Waals surface area contributed by atoms with Crippen molar-refractivity contribution in [2.45, 2.75) is 32.6 Å². The Labute approximate surface area is 114 Å². The summed E-state index contributed by atoms with van der Waals surface area (Å²) in [6.07, 6.45) is 7.65. The van der Waals surface area contributed by atoms with E-state index in [0.29, 0.717) is 6.54 Å². The second-order valence-corrected chi connectivity index (χ2v) is 6.48. The van der Waals surface area contributed by atoms with Crippen molar-refractivity contribution in [3.05, 3.63) is 12.2 Å². The molecule has 19 heavy (non-hydrogen) atoms. The maximum atomic E-state index is 12.4. The fraction of sp³-hybridized carbons (Fsp3) is 0.733. The van der Waals surface area contributed by atoms with E-state index in [4.69, 9.17) is 0 Å². The Hall–Kier alpha value is -1.16. The Morgan fingerprint density at radius 3 is 2.21 bits per heavy atom. The molecule has 3 rings (SSSR count). The predicted molar refractivity (Wildman–Crippen MR) is 72.3 cm³/mol. The number of hydrogen-bond acceptors (Lipinski definition) is 3. The van der Waals surface area contributed by atoms with Gasteiger partial charge in [-0.05, 0) is 44.2 Å². The minimum atomic E-state index is -0.0807. The molecular weight excluding hydrogens is 240 g/mol. The van der Waals surface area contributed by atoms with E-state index < -0.39 is 0 Å². The lowest BCUT2D eigenvalue weighted by molar-refractivity contribution is -0.142. The standard InChI is InChI=1S/C15H22N2O2/c1-15(6-8-16-9-7-15)10-17-13(18)11-4-2-3-5-12(11)14(17)19/h2-3,11-12,16H,4-10H2,1H3/t11-,12+. The molecule has 1 N–H and O–H groups in total. The van der Waals surface area contributed by atoms with Crippen molar-refractivity contribution in [2.75, 3.05) is 19.6 Å². The molecule has 3 aliphatic rings. The number of hydrogen-bond donors (Lipinski definition) is 1. The van der Waals surface area contributed by atoms with Crippen molar-refractivity contribution in [1.29, 1.82) is 0 Å². The van der Waals surface area contributed by atoms with Crippen molar-refractivity contribution in [2.24, 2.45) is 17.3 Å². The van der Waals surface area contributed by atoms with E-state index in [0.717, 1.165) is 38.8 Å². The maximum Gasteiger partial charge on any atom is 0.233 e. The maximum absolute atomic E-state index is 12.4. The normalized spacial score (nSPS) is 33.6. The number of fused-ring (bicyclic) bond motifs is 1. The third-order valence-corrected chi connectivity index (χ3v) is 4.95. The predicted octanol–water partition coefficient (Wildman–Crippen LogP) is 1.33. The number of nitrogens with zero attached hydrogens (tertiary/aromatic N) is 1. The lowest BCUT2D eigenvalue weighted by atomic mass is 9.80. The highest BCUT2D eigenvalue weighted by atomic mass is 16.2. The molecule has 0 radical (unpaired) electrons. The number of carbonyl (C=O) groups is 2. The van der Waals surface area contributed by atoms with Gasteiger partial charge in [-0.2, -0.15) is 0 Å². The molecule has 0 unspecified atom stereocenters. The van der Waals surface area contributed by atoms with Crippen LogP contribution >= 0.6 is 0 Å². The summed E-state index contributed by atoms with van der Waals surface area (Å²) in [5.41, 5.74) is 0.0947. The highest BCUT2D eigenvalue weighted by Gasteiger charge is 2.48. The number of nitrogens with one attached hydrogen (secondary N) is 1. The average Bonchev–Trinajstić information content (AvgIpc) is 2.65. The van der Waals surface area contributed by atoms with Gasteiger partial charge in [0.2, 0.25) is 11.8 Å². The number of amides is 2. The van der Waals surface area contributed by atoms with E-state index in [-0.39, 0.29) is 29.1 Å². The lowest BCUT2D eigenvalue weighted by Crippen LogP contribution is -2.45. The number of piperidine rings is 1. The number of rotatable bonds is 2. The van der Waals surface area contributed by atoms with Gasteiger partial charge in [0, 0.05) is 6.54 Å².